The molecule has 4 nitrogen and oxygen atoms in total. The Kier molecular flexibility index (Phi) is 4.71. The van der Waals surface area contributed by atoms with Gasteiger partial charge in [0.25, 0.3) is 5.91 Å². The quantitative estimate of drug-likeness (QED) is 0.648. The molecule has 5 heteroatoms. The molecule has 0 spiro atoms. The molecule has 1 aliphatic rings. The fourth-order valence-corrected chi connectivity index (χ4v) is 4.01. The summed E-state index contributed by atoms with van der Waals surface area (Å²) >= 11 is 1.62. The van der Waals surface area contributed by atoms with Crippen molar-refractivity contribution in [1.82, 2.24) is 15.8 Å². The van der Waals surface area contributed by atoms with Crippen LogP contribution in [0.3, 0.4) is 0 Å². The van der Waals surface area contributed by atoms with Gasteiger partial charge in [-0.1, -0.05) is 37.3 Å². The van der Waals surface area contributed by atoms with Crippen molar-refractivity contribution in [3.63, 3.8) is 0 Å². The fraction of sp³-hybridized carbons (Fsp3) is 0.238. The zero-order chi connectivity index (χ0) is 17.9. The molecule has 1 atom stereocenters. The number of hydrazine groups is 1. The van der Waals surface area contributed by atoms with Crippen LogP contribution in [-0.4, -0.2) is 10.9 Å². The number of para-hydroxylation sites is 1. The van der Waals surface area contributed by atoms with Crippen molar-refractivity contribution in [2.24, 2.45) is 5.92 Å². The third-order valence-electron chi connectivity index (χ3n) is 4.79. The van der Waals surface area contributed by atoms with Crippen molar-refractivity contribution in [3.05, 3.63) is 65.2 Å². The van der Waals surface area contributed by atoms with Crippen LogP contribution in [0, 0.1) is 5.92 Å². The zero-order valence-corrected chi connectivity index (χ0v) is 15.5. The lowest BCUT2D eigenvalue weighted by atomic mass is 9.94. The monoisotopic (exact) mass is 363 g/mol. The van der Waals surface area contributed by atoms with Gasteiger partial charge in [-0.25, -0.2) is 4.98 Å². The van der Waals surface area contributed by atoms with E-state index in [1.54, 1.807) is 11.3 Å². The molecule has 3 aromatic rings. The number of amides is 1. The highest BCUT2D eigenvalue weighted by Crippen LogP contribution is 2.28. The van der Waals surface area contributed by atoms with E-state index in [2.05, 4.69) is 23.9 Å². The summed E-state index contributed by atoms with van der Waals surface area (Å²) < 4.78 is 0. The molecule has 1 aliphatic carbocycles. The van der Waals surface area contributed by atoms with Gasteiger partial charge in [0.15, 0.2) is 0 Å². The average Bonchev–Trinajstić information content (AvgIpc) is 3.21. The van der Waals surface area contributed by atoms with E-state index < -0.39 is 0 Å². The van der Waals surface area contributed by atoms with Crippen molar-refractivity contribution >= 4 is 28.1 Å². The van der Waals surface area contributed by atoms with Gasteiger partial charge in [0.2, 0.25) is 0 Å². The minimum absolute atomic E-state index is 0.139. The fourth-order valence-electron chi connectivity index (χ4n) is 3.32. The molecule has 26 heavy (non-hydrogen) atoms. The number of rotatable bonds is 4. The first kappa shape index (κ1) is 16.8. The van der Waals surface area contributed by atoms with Gasteiger partial charge in [-0.15, -0.1) is 11.3 Å². The summed E-state index contributed by atoms with van der Waals surface area (Å²) in [6, 6.07) is 13.7. The van der Waals surface area contributed by atoms with Crippen LogP contribution in [-0.2, 0) is 0 Å². The Bertz CT molecular complexity index is 963. The van der Waals surface area contributed by atoms with Crippen LogP contribution in [0.15, 0.2) is 59.6 Å². The Morgan fingerprint density at radius 3 is 2.92 bits per heavy atom. The largest absolute Gasteiger partial charge is 0.303 e. The number of hydrogen-bond acceptors (Lipinski definition) is 4. The Morgan fingerprint density at radius 2 is 2.12 bits per heavy atom. The van der Waals surface area contributed by atoms with Crippen LogP contribution >= 0.6 is 11.3 Å². The first-order valence-electron chi connectivity index (χ1n) is 8.92. The highest BCUT2D eigenvalue weighted by Gasteiger charge is 2.17. The van der Waals surface area contributed by atoms with Crippen LogP contribution in [0.25, 0.3) is 21.5 Å². The van der Waals surface area contributed by atoms with Crippen LogP contribution in [0.2, 0.25) is 0 Å². The van der Waals surface area contributed by atoms with Crippen LogP contribution in [0.5, 0.6) is 0 Å². The molecule has 2 N–H and O–H groups in total. The number of thiophene rings is 1. The molecule has 4 rings (SSSR count). The van der Waals surface area contributed by atoms with Gasteiger partial charge < -0.3 is 5.43 Å². The SMILES string of the molecule is C[C@H]1CCCC=C1NNC(=O)c1cc(-c2cccs2)nc2ccccc12. The summed E-state index contributed by atoms with van der Waals surface area (Å²) in [6.45, 7) is 2.18. The average molecular weight is 363 g/mol. The molecular weight excluding hydrogens is 342 g/mol. The lowest BCUT2D eigenvalue weighted by Crippen LogP contribution is -2.39. The molecular formula is C21H21N3OS. The number of benzene rings is 1. The highest BCUT2D eigenvalue weighted by molar-refractivity contribution is 7.13. The number of nitrogens with one attached hydrogen (secondary N) is 2. The second-order valence-electron chi connectivity index (χ2n) is 6.62. The predicted octanol–water partition coefficient (Wildman–Crippen LogP) is 4.90. The van der Waals surface area contributed by atoms with Crippen molar-refractivity contribution in [1.29, 1.82) is 0 Å². The minimum atomic E-state index is -0.139. The maximum atomic E-state index is 12.9. The molecule has 0 bridgehead atoms. The molecule has 0 unspecified atom stereocenters. The number of nitrogens with zero attached hydrogens (tertiary/aromatic N) is 1. The molecule has 132 valence electrons. The maximum Gasteiger partial charge on any atom is 0.270 e. The van der Waals surface area contributed by atoms with Crippen molar-refractivity contribution < 1.29 is 4.79 Å². The zero-order valence-electron chi connectivity index (χ0n) is 14.7. The van der Waals surface area contributed by atoms with E-state index in [9.17, 15) is 4.79 Å². The molecule has 2 heterocycles. The molecule has 0 saturated carbocycles. The van der Waals surface area contributed by atoms with Crippen molar-refractivity contribution in [3.8, 4) is 10.6 Å². The van der Waals surface area contributed by atoms with Crippen molar-refractivity contribution in [2.75, 3.05) is 0 Å². The lowest BCUT2D eigenvalue weighted by molar-refractivity contribution is 0.0938. The van der Waals surface area contributed by atoms with Crippen LogP contribution < -0.4 is 10.9 Å². The summed E-state index contributed by atoms with van der Waals surface area (Å²) in [7, 11) is 0. The molecule has 0 radical (unpaired) electrons. The van der Waals surface area contributed by atoms with Gasteiger partial charge in [0, 0.05) is 11.1 Å². The minimum Gasteiger partial charge on any atom is -0.303 e. The van der Waals surface area contributed by atoms with Gasteiger partial charge in [-0.05, 0) is 48.8 Å². The topological polar surface area (TPSA) is 54.0 Å². The normalized spacial score (nSPS) is 17.0. The van der Waals surface area contributed by atoms with E-state index >= 15 is 0 Å². The second kappa shape index (κ2) is 7.30. The van der Waals surface area contributed by atoms with Crippen LogP contribution in [0.4, 0.5) is 0 Å². The number of hydrogen-bond donors (Lipinski definition) is 2. The standard InChI is InChI=1S/C21H21N3OS/c1-14-7-2-4-9-17(14)23-24-21(25)16-13-19(20-11-6-12-26-20)22-18-10-5-3-8-15(16)18/h3,5-6,8-14,23H,2,4,7H2,1H3,(H,24,25)/t14-/m0/s1. The first-order chi connectivity index (χ1) is 12.7. The van der Waals surface area contributed by atoms with Gasteiger partial charge in [-0.2, -0.15) is 0 Å². The summed E-state index contributed by atoms with van der Waals surface area (Å²) in [4.78, 5) is 18.7. The summed E-state index contributed by atoms with van der Waals surface area (Å²) in [6.07, 6.45) is 5.59. The Labute approximate surface area is 156 Å². The van der Waals surface area contributed by atoms with E-state index in [1.807, 2.05) is 47.8 Å². The third-order valence-corrected chi connectivity index (χ3v) is 5.68. The number of fused-ring (bicyclic) bond motifs is 1. The molecule has 0 saturated heterocycles. The maximum absolute atomic E-state index is 12.9. The Morgan fingerprint density at radius 1 is 1.23 bits per heavy atom. The van der Waals surface area contributed by atoms with Gasteiger partial charge in [-0.3, -0.25) is 10.2 Å². The van der Waals surface area contributed by atoms with E-state index in [-0.39, 0.29) is 5.91 Å². The first-order valence-corrected chi connectivity index (χ1v) is 9.80. The third kappa shape index (κ3) is 3.35. The second-order valence-corrected chi connectivity index (χ2v) is 7.57. The molecule has 0 fully saturated rings. The van der Waals surface area contributed by atoms with Gasteiger partial charge >= 0.3 is 0 Å². The van der Waals surface area contributed by atoms with E-state index in [4.69, 9.17) is 4.98 Å². The Balaban J connectivity index is 1.66. The number of allylic oxidation sites excluding steroid dienone is 2. The smallest absolute Gasteiger partial charge is 0.270 e. The molecule has 2 aromatic heterocycles. The Hall–Kier alpha value is -2.66. The van der Waals surface area contributed by atoms with E-state index in [0.29, 0.717) is 11.5 Å². The summed E-state index contributed by atoms with van der Waals surface area (Å²) in [5.41, 5.74) is 9.40. The number of carbonyl (C=O) groups is 1. The number of aromatic nitrogens is 1. The van der Waals surface area contributed by atoms with E-state index in [0.717, 1.165) is 40.0 Å². The molecule has 1 aromatic carbocycles. The number of carbonyl (C=O) groups excluding carboxylic acids is 1. The van der Waals surface area contributed by atoms with Crippen LogP contribution in [0.1, 0.15) is 36.5 Å². The van der Waals surface area contributed by atoms with Gasteiger partial charge in [0.1, 0.15) is 0 Å². The predicted molar refractivity (Wildman–Crippen MR) is 107 cm³/mol. The highest BCUT2D eigenvalue weighted by atomic mass is 32.1. The summed E-state index contributed by atoms with van der Waals surface area (Å²) in [5, 5.41) is 2.88. The summed E-state index contributed by atoms with van der Waals surface area (Å²) in [5.74, 6) is 0.306. The number of pyridine rings is 1. The van der Waals surface area contributed by atoms with Crippen molar-refractivity contribution in [2.45, 2.75) is 26.2 Å². The molecule has 1 amide bonds. The lowest BCUT2D eigenvalue weighted by Gasteiger charge is -2.22. The van der Waals surface area contributed by atoms with Gasteiger partial charge in [0.05, 0.1) is 21.7 Å². The molecule has 0 aliphatic heterocycles. The van der Waals surface area contributed by atoms with E-state index in [1.165, 1.54) is 6.42 Å².